The molecule has 1 aromatic rings. The van der Waals surface area contributed by atoms with Crippen molar-refractivity contribution in [3.8, 4) is 11.5 Å². The van der Waals surface area contributed by atoms with E-state index in [-0.39, 0.29) is 0 Å². The molecule has 2 aliphatic heterocycles. The Balaban J connectivity index is 1.68. The summed E-state index contributed by atoms with van der Waals surface area (Å²) in [5.41, 5.74) is 1.14. The summed E-state index contributed by atoms with van der Waals surface area (Å²) in [6, 6.07) is 4.10. The number of aliphatic imine (C=N–C) groups is 1. The number of hydrogen-bond donors (Lipinski definition) is 1. The van der Waals surface area contributed by atoms with Gasteiger partial charge in [0.1, 0.15) is 13.2 Å². The Hall–Kier alpha value is -1.43. The van der Waals surface area contributed by atoms with Gasteiger partial charge in [-0.2, -0.15) is 0 Å². The number of ether oxygens (including phenoxy) is 2. The standard InChI is InChI=1S/C15H20BrN3O2/c1-17-15(19-4-2-3-5-19)18-10-11-8-12(16)14-13(9-11)20-6-7-21-14/h8-9H,2-7,10H2,1H3,(H,17,18). The average Bonchev–Trinajstić information content (AvgIpc) is 3.02. The molecule has 0 spiro atoms. The maximum Gasteiger partial charge on any atom is 0.193 e. The van der Waals surface area contributed by atoms with Crippen LogP contribution in [0.5, 0.6) is 11.5 Å². The highest BCUT2D eigenvalue weighted by Gasteiger charge is 2.18. The summed E-state index contributed by atoms with van der Waals surface area (Å²) >= 11 is 3.55. The minimum absolute atomic E-state index is 0.602. The Morgan fingerprint density at radius 1 is 1.29 bits per heavy atom. The highest BCUT2D eigenvalue weighted by molar-refractivity contribution is 9.10. The number of nitrogens with zero attached hydrogens (tertiary/aromatic N) is 2. The Morgan fingerprint density at radius 3 is 2.81 bits per heavy atom. The van der Waals surface area contributed by atoms with Gasteiger partial charge in [0.05, 0.1) is 4.47 Å². The summed E-state index contributed by atoms with van der Waals surface area (Å²) in [6.45, 7) is 4.10. The van der Waals surface area contributed by atoms with Gasteiger partial charge in [-0.3, -0.25) is 4.99 Å². The number of benzene rings is 1. The maximum absolute atomic E-state index is 5.65. The fraction of sp³-hybridized carbons (Fsp3) is 0.533. The Labute approximate surface area is 133 Å². The molecule has 0 aliphatic carbocycles. The predicted molar refractivity (Wildman–Crippen MR) is 86.1 cm³/mol. The molecular formula is C15H20BrN3O2. The molecule has 1 fully saturated rings. The second-order valence-corrected chi connectivity index (χ2v) is 6.05. The minimum Gasteiger partial charge on any atom is -0.486 e. The fourth-order valence-electron chi connectivity index (χ4n) is 2.71. The van der Waals surface area contributed by atoms with E-state index in [9.17, 15) is 0 Å². The molecule has 0 radical (unpaired) electrons. The van der Waals surface area contributed by atoms with Gasteiger partial charge < -0.3 is 19.7 Å². The molecule has 1 aromatic carbocycles. The number of rotatable bonds is 2. The summed E-state index contributed by atoms with van der Waals surface area (Å²) in [5, 5.41) is 3.42. The van der Waals surface area contributed by atoms with E-state index < -0.39 is 0 Å². The van der Waals surface area contributed by atoms with Gasteiger partial charge in [0.15, 0.2) is 17.5 Å². The molecule has 2 aliphatic rings. The van der Waals surface area contributed by atoms with Crippen molar-refractivity contribution < 1.29 is 9.47 Å². The van der Waals surface area contributed by atoms with Crippen LogP contribution in [0.2, 0.25) is 0 Å². The normalized spacial score (nSPS) is 18.0. The Morgan fingerprint density at radius 2 is 2.05 bits per heavy atom. The van der Waals surface area contributed by atoms with Crippen molar-refractivity contribution in [1.29, 1.82) is 0 Å². The topological polar surface area (TPSA) is 46.1 Å². The van der Waals surface area contributed by atoms with Crippen molar-refractivity contribution >= 4 is 21.9 Å². The highest BCUT2D eigenvalue weighted by atomic mass is 79.9. The molecule has 0 unspecified atom stereocenters. The number of likely N-dealkylation sites (tertiary alicyclic amines) is 1. The number of fused-ring (bicyclic) bond motifs is 1. The molecule has 0 saturated carbocycles. The van der Waals surface area contributed by atoms with Gasteiger partial charge in [-0.25, -0.2) is 0 Å². The third-order valence-corrected chi connectivity index (χ3v) is 4.31. The van der Waals surface area contributed by atoms with E-state index in [2.05, 4.69) is 37.2 Å². The summed E-state index contributed by atoms with van der Waals surface area (Å²) in [7, 11) is 1.83. The lowest BCUT2D eigenvalue weighted by atomic mass is 10.2. The van der Waals surface area contributed by atoms with Crippen molar-refractivity contribution in [2.24, 2.45) is 4.99 Å². The van der Waals surface area contributed by atoms with Crippen LogP contribution < -0.4 is 14.8 Å². The van der Waals surface area contributed by atoms with Gasteiger partial charge in [0.25, 0.3) is 0 Å². The SMILES string of the molecule is CN=C(NCc1cc(Br)c2c(c1)OCCO2)N1CCCC1. The largest absolute Gasteiger partial charge is 0.486 e. The second kappa shape index (κ2) is 6.56. The van der Waals surface area contributed by atoms with Crippen molar-refractivity contribution in [3.63, 3.8) is 0 Å². The van der Waals surface area contributed by atoms with Crippen LogP contribution in [0.25, 0.3) is 0 Å². The van der Waals surface area contributed by atoms with Crippen LogP contribution in [-0.2, 0) is 6.54 Å². The lowest BCUT2D eigenvalue weighted by Gasteiger charge is -2.22. The Kier molecular flexibility index (Phi) is 4.53. The van der Waals surface area contributed by atoms with Crippen LogP contribution in [0.4, 0.5) is 0 Å². The molecule has 2 heterocycles. The van der Waals surface area contributed by atoms with Gasteiger partial charge in [0, 0.05) is 26.7 Å². The average molecular weight is 354 g/mol. The fourth-order valence-corrected chi connectivity index (χ4v) is 3.31. The summed E-state index contributed by atoms with van der Waals surface area (Å²) < 4.78 is 12.2. The molecule has 6 heteroatoms. The first-order chi connectivity index (χ1) is 10.3. The first kappa shape index (κ1) is 14.5. The van der Waals surface area contributed by atoms with Crippen LogP contribution in [0.1, 0.15) is 18.4 Å². The first-order valence-electron chi connectivity index (χ1n) is 7.31. The van der Waals surface area contributed by atoms with E-state index in [1.165, 1.54) is 12.8 Å². The van der Waals surface area contributed by atoms with E-state index in [0.717, 1.165) is 47.1 Å². The predicted octanol–water partition coefficient (Wildman–Crippen LogP) is 2.39. The van der Waals surface area contributed by atoms with Crippen molar-refractivity contribution in [3.05, 3.63) is 22.2 Å². The smallest absolute Gasteiger partial charge is 0.193 e. The molecule has 0 atom stereocenters. The van der Waals surface area contributed by atoms with Crippen LogP contribution in [0, 0.1) is 0 Å². The lowest BCUT2D eigenvalue weighted by molar-refractivity contribution is 0.170. The molecular weight excluding hydrogens is 334 g/mol. The van der Waals surface area contributed by atoms with Crippen LogP contribution in [0.3, 0.4) is 0 Å². The van der Waals surface area contributed by atoms with Gasteiger partial charge in [-0.05, 0) is 46.5 Å². The van der Waals surface area contributed by atoms with Crippen molar-refractivity contribution in [1.82, 2.24) is 10.2 Å². The molecule has 0 bridgehead atoms. The summed E-state index contributed by atoms with van der Waals surface area (Å²) in [5.74, 6) is 2.58. The minimum atomic E-state index is 0.602. The molecule has 21 heavy (non-hydrogen) atoms. The molecule has 114 valence electrons. The zero-order valence-corrected chi connectivity index (χ0v) is 13.8. The summed E-state index contributed by atoms with van der Waals surface area (Å²) in [4.78, 5) is 6.66. The molecule has 0 amide bonds. The lowest BCUT2D eigenvalue weighted by Crippen LogP contribution is -2.39. The third-order valence-electron chi connectivity index (χ3n) is 3.72. The van der Waals surface area contributed by atoms with Crippen LogP contribution >= 0.6 is 15.9 Å². The zero-order valence-electron chi connectivity index (χ0n) is 12.2. The van der Waals surface area contributed by atoms with Crippen molar-refractivity contribution in [2.75, 3.05) is 33.4 Å². The number of nitrogens with one attached hydrogen (secondary N) is 1. The number of hydrogen-bond acceptors (Lipinski definition) is 3. The maximum atomic E-state index is 5.65. The molecule has 1 saturated heterocycles. The summed E-state index contributed by atoms with van der Waals surface area (Å²) in [6.07, 6.45) is 2.49. The number of guanidine groups is 1. The van der Waals surface area contributed by atoms with Crippen LogP contribution in [0.15, 0.2) is 21.6 Å². The monoisotopic (exact) mass is 353 g/mol. The second-order valence-electron chi connectivity index (χ2n) is 5.20. The first-order valence-corrected chi connectivity index (χ1v) is 8.11. The van der Waals surface area contributed by atoms with Gasteiger partial charge in [-0.1, -0.05) is 0 Å². The van der Waals surface area contributed by atoms with E-state index in [1.54, 1.807) is 0 Å². The third kappa shape index (κ3) is 3.26. The van der Waals surface area contributed by atoms with Gasteiger partial charge in [0.2, 0.25) is 0 Å². The highest BCUT2D eigenvalue weighted by Crippen LogP contribution is 2.38. The van der Waals surface area contributed by atoms with E-state index in [1.807, 2.05) is 13.1 Å². The molecule has 5 nitrogen and oxygen atoms in total. The molecule has 0 aromatic heterocycles. The van der Waals surface area contributed by atoms with E-state index in [0.29, 0.717) is 13.2 Å². The zero-order chi connectivity index (χ0) is 14.7. The van der Waals surface area contributed by atoms with Crippen molar-refractivity contribution in [2.45, 2.75) is 19.4 Å². The molecule has 3 rings (SSSR count). The molecule has 1 N–H and O–H groups in total. The quantitative estimate of drug-likeness (QED) is 0.655. The van der Waals surface area contributed by atoms with Gasteiger partial charge >= 0.3 is 0 Å². The number of halogens is 1. The Bertz CT molecular complexity index is 542. The van der Waals surface area contributed by atoms with Gasteiger partial charge in [-0.15, -0.1) is 0 Å². The van der Waals surface area contributed by atoms with Crippen LogP contribution in [-0.4, -0.2) is 44.2 Å². The van der Waals surface area contributed by atoms with E-state index >= 15 is 0 Å². The van der Waals surface area contributed by atoms with E-state index in [4.69, 9.17) is 9.47 Å².